The van der Waals surface area contributed by atoms with Crippen molar-refractivity contribution in [2.75, 3.05) is 13.3 Å². The Bertz CT molecular complexity index is 743. The van der Waals surface area contributed by atoms with Crippen LogP contribution in [0.15, 0.2) is 24.5 Å². The standard InChI is InChI=1S/C16H18N4O3/c1-19-9-17-18-15(19)12-4-2-3-7-20(12)16(21)11-5-6-13-14(8-11)23-10-22-13/h5-6,8-9,12H,2-4,7,10H2,1H3/t12-/m1/s1. The molecule has 4 rings (SSSR count). The van der Waals surface area contributed by atoms with Gasteiger partial charge in [-0.3, -0.25) is 4.79 Å². The number of benzene rings is 1. The van der Waals surface area contributed by atoms with Gasteiger partial charge in [0.05, 0.1) is 6.04 Å². The number of aryl methyl sites for hydroxylation is 1. The lowest BCUT2D eigenvalue weighted by molar-refractivity contribution is 0.0595. The fourth-order valence-corrected chi connectivity index (χ4v) is 3.23. The highest BCUT2D eigenvalue weighted by Gasteiger charge is 2.32. The lowest BCUT2D eigenvalue weighted by Gasteiger charge is -2.35. The van der Waals surface area contributed by atoms with Crippen LogP contribution >= 0.6 is 0 Å². The number of likely N-dealkylation sites (tertiary alicyclic amines) is 1. The molecule has 2 aliphatic heterocycles. The molecule has 23 heavy (non-hydrogen) atoms. The zero-order chi connectivity index (χ0) is 15.8. The van der Waals surface area contributed by atoms with Crippen molar-refractivity contribution in [1.82, 2.24) is 19.7 Å². The SMILES string of the molecule is Cn1cnnc1[C@H]1CCCCN1C(=O)c1ccc2c(c1)OCO2. The number of hydrogen-bond acceptors (Lipinski definition) is 5. The van der Waals surface area contributed by atoms with Crippen LogP contribution in [0.25, 0.3) is 0 Å². The van der Waals surface area contributed by atoms with E-state index in [0.29, 0.717) is 17.1 Å². The van der Waals surface area contributed by atoms with E-state index in [1.54, 1.807) is 24.5 Å². The maximum atomic E-state index is 13.0. The van der Waals surface area contributed by atoms with E-state index in [4.69, 9.17) is 9.47 Å². The van der Waals surface area contributed by atoms with Crippen molar-refractivity contribution >= 4 is 5.91 Å². The molecule has 0 spiro atoms. The van der Waals surface area contributed by atoms with E-state index in [9.17, 15) is 4.79 Å². The number of nitrogens with zero attached hydrogens (tertiary/aromatic N) is 4. The van der Waals surface area contributed by atoms with Crippen molar-refractivity contribution in [2.45, 2.75) is 25.3 Å². The van der Waals surface area contributed by atoms with Crippen molar-refractivity contribution < 1.29 is 14.3 Å². The Morgan fingerprint density at radius 2 is 2.13 bits per heavy atom. The van der Waals surface area contributed by atoms with Crippen molar-refractivity contribution in [3.63, 3.8) is 0 Å². The summed E-state index contributed by atoms with van der Waals surface area (Å²) in [7, 11) is 1.91. The molecule has 3 heterocycles. The second-order valence-electron chi connectivity index (χ2n) is 5.88. The molecule has 0 unspecified atom stereocenters. The van der Waals surface area contributed by atoms with Crippen LogP contribution < -0.4 is 9.47 Å². The predicted octanol–water partition coefficient (Wildman–Crippen LogP) is 1.91. The summed E-state index contributed by atoms with van der Waals surface area (Å²) in [5.74, 6) is 2.14. The van der Waals surface area contributed by atoms with Gasteiger partial charge in [0.2, 0.25) is 6.79 Å². The predicted molar refractivity (Wildman–Crippen MR) is 81.2 cm³/mol. The highest BCUT2D eigenvalue weighted by atomic mass is 16.7. The maximum absolute atomic E-state index is 13.0. The molecule has 0 bridgehead atoms. The van der Waals surface area contributed by atoms with Gasteiger partial charge in [0.15, 0.2) is 17.3 Å². The average Bonchev–Trinajstić information content (AvgIpc) is 3.22. The van der Waals surface area contributed by atoms with E-state index >= 15 is 0 Å². The molecule has 1 fully saturated rings. The first-order valence-electron chi connectivity index (χ1n) is 7.78. The molecule has 120 valence electrons. The summed E-state index contributed by atoms with van der Waals surface area (Å²) in [5, 5.41) is 8.15. The minimum atomic E-state index is -0.0332. The van der Waals surface area contributed by atoms with Gasteiger partial charge in [-0.2, -0.15) is 0 Å². The Hall–Kier alpha value is -2.57. The zero-order valence-corrected chi connectivity index (χ0v) is 12.9. The third-order valence-electron chi connectivity index (χ3n) is 4.43. The third kappa shape index (κ3) is 2.42. The Labute approximate surface area is 133 Å². The van der Waals surface area contributed by atoms with Crippen molar-refractivity contribution in [2.24, 2.45) is 7.05 Å². The zero-order valence-electron chi connectivity index (χ0n) is 12.9. The monoisotopic (exact) mass is 314 g/mol. The minimum absolute atomic E-state index is 0.00370. The normalized spacial score (nSPS) is 19.9. The van der Waals surface area contributed by atoms with Crippen LogP contribution in [0.2, 0.25) is 0 Å². The van der Waals surface area contributed by atoms with E-state index in [2.05, 4.69) is 10.2 Å². The summed E-state index contributed by atoms with van der Waals surface area (Å²) < 4.78 is 12.6. The van der Waals surface area contributed by atoms with Crippen molar-refractivity contribution in [1.29, 1.82) is 0 Å². The van der Waals surface area contributed by atoms with Gasteiger partial charge >= 0.3 is 0 Å². The largest absolute Gasteiger partial charge is 0.454 e. The molecule has 0 N–H and O–H groups in total. The number of amides is 1. The molecular formula is C16H18N4O3. The first-order valence-corrected chi connectivity index (χ1v) is 7.78. The van der Waals surface area contributed by atoms with E-state index in [1.165, 1.54) is 0 Å². The molecular weight excluding hydrogens is 296 g/mol. The number of carbonyl (C=O) groups excluding carboxylic acids is 1. The first kappa shape index (κ1) is 14.0. The highest BCUT2D eigenvalue weighted by molar-refractivity contribution is 5.95. The molecule has 0 radical (unpaired) electrons. The lowest BCUT2D eigenvalue weighted by Crippen LogP contribution is -2.39. The van der Waals surface area contributed by atoms with Gasteiger partial charge in [-0.25, -0.2) is 0 Å². The summed E-state index contributed by atoms with van der Waals surface area (Å²) in [5.41, 5.74) is 0.614. The van der Waals surface area contributed by atoms with Gasteiger partial charge in [-0.05, 0) is 37.5 Å². The van der Waals surface area contributed by atoms with E-state index in [-0.39, 0.29) is 18.7 Å². The molecule has 1 saturated heterocycles. The summed E-state index contributed by atoms with van der Waals surface area (Å²) in [6, 6.07) is 5.30. The summed E-state index contributed by atoms with van der Waals surface area (Å²) in [6.07, 6.45) is 4.67. The molecule has 7 heteroatoms. The van der Waals surface area contributed by atoms with Crippen LogP contribution in [0.1, 0.15) is 41.5 Å². The number of ether oxygens (including phenoxy) is 2. The summed E-state index contributed by atoms with van der Waals surface area (Å²) in [6.45, 7) is 0.934. The molecule has 2 aromatic rings. The number of fused-ring (bicyclic) bond motifs is 1. The van der Waals surface area contributed by atoms with Gasteiger partial charge in [-0.15, -0.1) is 10.2 Å². The second-order valence-corrected chi connectivity index (χ2v) is 5.88. The number of piperidine rings is 1. The maximum Gasteiger partial charge on any atom is 0.254 e. The molecule has 1 amide bonds. The molecule has 0 aliphatic carbocycles. The molecule has 1 aromatic carbocycles. The van der Waals surface area contributed by atoms with Gasteiger partial charge in [0, 0.05) is 19.2 Å². The van der Waals surface area contributed by atoms with Crippen LogP contribution in [0.4, 0.5) is 0 Å². The lowest BCUT2D eigenvalue weighted by atomic mass is 10.00. The van der Waals surface area contributed by atoms with E-state index in [1.807, 2.05) is 16.5 Å². The topological polar surface area (TPSA) is 69.5 Å². The van der Waals surface area contributed by atoms with Crippen LogP contribution in [0.5, 0.6) is 11.5 Å². The quantitative estimate of drug-likeness (QED) is 0.847. The number of carbonyl (C=O) groups is 1. The third-order valence-corrected chi connectivity index (χ3v) is 4.43. The van der Waals surface area contributed by atoms with Gasteiger partial charge in [-0.1, -0.05) is 0 Å². The second kappa shape index (κ2) is 5.57. The number of aromatic nitrogens is 3. The highest BCUT2D eigenvalue weighted by Crippen LogP contribution is 2.35. The molecule has 1 atom stereocenters. The molecule has 1 aromatic heterocycles. The Balaban J connectivity index is 1.64. The van der Waals surface area contributed by atoms with Gasteiger partial charge < -0.3 is 18.9 Å². The average molecular weight is 314 g/mol. The fraction of sp³-hybridized carbons (Fsp3) is 0.438. The van der Waals surface area contributed by atoms with Crippen molar-refractivity contribution in [3.8, 4) is 11.5 Å². The summed E-state index contributed by atoms with van der Waals surface area (Å²) in [4.78, 5) is 14.9. The van der Waals surface area contributed by atoms with Crippen LogP contribution in [0, 0.1) is 0 Å². The van der Waals surface area contributed by atoms with Gasteiger partial charge in [0.1, 0.15) is 6.33 Å². The Morgan fingerprint density at radius 1 is 1.26 bits per heavy atom. The first-order chi connectivity index (χ1) is 11.2. The molecule has 2 aliphatic rings. The van der Waals surface area contributed by atoms with Crippen LogP contribution in [-0.2, 0) is 7.05 Å². The Morgan fingerprint density at radius 3 is 2.96 bits per heavy atom. The minimum Gasteiger partial charge on any atom is -0.454 e. The fourth-order valence-electron chi connectivity index (χ4n) is 3.23. The van der Waals surface area contributed by atoms with Crippen LogP contribution in [-0.4, -0.2) is 38.9 Å². The Kier molecular flexibility index (Phi) is 3.40. The smallest absolute Gasteiger partial charge is 0.254 e. The number of hydrogen-bond donors (Lipinski definition) is 0. The van der Waals surface area contributed by atoms with E-state index in [0.717, 1.165) is 31.6 Å². The number of rotatable bonds is 2. The van der Waals surface area contributed by atoms with Gasteiger partial charge in [0.25, 0.3) is 5.91 Å². The van der Waals surface area contributed by atoms with Crippen LogP contribution in [0.3, 0.4) is 0 Å². The molecule has 0 saturated carbocycles. The summed E-state index contributed by atoms with van der Waals surface area (Å²) >= 11 is 0. The molecule has 7 nitrogen and oxygen atoms in total. The van der Waals surface area contributed by atoms with E-state index < -0.39 is 0 Å². The van der Waals surface area contributed by atoms with Crippen molar-refractivity contribution in [3.05, 3.63) is 35.9 Å².